The zero-order valence-corrected chi connectivity index (χ0v) is 14.0. The molecule has 1 aromatic heterocycles. The lowest BCUT2D eigenvalue weighted by Gasteiger charge is -2.17. The molecule has 0 radical (unpaired) electrons. The number of thiocarbonyl (C=S) groups is 1. The monoisotopic (exact) mass is 374 g/mol. The molecule has 0 fully saturated rings. The highest BCUT2D eigenvalue weighted by atomic mass is 35.5. The number of fused-ring (bicyclic) bond motifs is 1. The number of aromatic nitrogens is 2. The van der Waals surface area contributed by atoms with Gasteiger partial charge in [-0.3, -0.25) is 0 Å². The van der Waals surface area contributed by atoms with E-state index in [2.05, 4.69) is 10.4 Å². The van der Waals surface area contributed by atoms with Crippen LogP contribution in [0, 0.1) is 0 Å². The third kappa shape index (κ3) is 3.21. The van der Waals surface area contributed by atoms with E-state index < -0.39 is 11.9 Å². The Bertz CT molecular complexity index is 801. The molecule has 0 unspecified atom stereocenters. The number of hydrogen-bond acceptors (Lipinski definition) is 2. The van der Waals surface area contributed by atoms with Gasteiger partial charge in [0.25, 0.3) is 0 Å². The van der Waals surface area contributed by atoms with Crippen molar-refractivity contribution in [3.8, 4) is 5.69 Å². The lowest BCUT2D eigenvalue weighted by Crippen LogP contribution is -2.20. The number of halogens is 4. The van der Waals surface area contributed by atoms with E-state index >= 15 is 0 Å². The summed E-state index contributed by atoms with van der Waals surface area (Å²) in [6, 6.07) is 4.75. The first-order valence-electron chi connectivity index (χ1n) is 7.31. The van der Waals surface area contributed by atoms with Gasteiger partial charge in [-0.2, -0.15) is 18.3 Å². The number of rotatable bonds is 2. The lowest BCUT2D eigenvalue weighted by atomic mass is 9.95. The van der Waals surface area contributed by atoms with Crippen LogP contribution in [0.25, 0.3) is 5.69 Å². The molecular weight excluding hydrogens is 361 g/mol. The molecule has 24 heavy (non-hydrogen) atoms. The Morgan fingerprint density at radius 1 is 1.29 bits per heavy atom. The van der Waals surface area contributed by atoms with Crippen LogP contribution in [0.1, 0.15) is 29.8 Å². The van der Waals surface area contributed by atoms with E-state index in [-0.39, 0.29) is 10.7 Å². The van der Waals surface area contributed by atoms with E-state index in [4.69, 9.17) is 29.6 Å². The van der Waals surface area contributed by atoms with E-state index in [0.29, 0.717) is 34.9 Å². The zero-order chi connectivity index (χ0) is 17.5. The van der Waals surface area contributed by atoms with Gasteiger partial charge in [-0.15, -0.1) is 0 Å². The molecule has 3 N–H and O–H groups in total. The van der Waals surface area contributed by atoms with E-state index in [1.165, 1.54) is 4.68 Å². The molecule has 9 heteroatoms. The minimum absolute atomic E-state index is 0.00409. The van der Waals surface area contributed by atoms with Crippen molar-refractivity contribution in [3.63, 3.8) is 0 Å². The molecule has 0 amide bonds. The molecule has 1 aromatic carbocycles. The molecule has 0 atom stereocenters. The molecule has 0 spiro atoms. The van der Waals surface area contributed by atoms with E-state index in [0.717, 1.165) is 12.8 Å². The summed E-state index contributed by atoms with van der Waals surface area (Å²) in [6.45, 7) is 0. The van der Waals surface area contributed by atoms with Crippen molar-refractivity contribution in [1.82, 2.24) is 9.78 Å². The van der Waals surface area contributed by atoms with Gasteiger partial charge in [-0.1, -0.05) is 11.6 Å². The quantitative estimate of drug-likeness (QED) is 0.778. The molecule has 4 nitrogen and oxygen atoms in total. The highest BCUT2D eigenvalue weighted by molar-refractivity contribution is 7.80. The fraction of sp³-hybridized carbons (Fsp3) is 0.333. The third-order valence-electron chi connectivity index (χ3n) is 3.89. The first kappa shape index (κ1) is 17.0. The van der Waals surface area contributed by atoms with Gasteiger partial charge in [0.2, 0.25) is 0 Å². The van der Waals surface area contributed by atoms with Gasteiger partial charge >= 0.3 is 6.18 Å². The van der Waals surface area contributed by atoms with Crippen LogP contribution >= 0.6 is 23.8 Å². The molecule has 0 saturated heterocycles. The van der Waals surface area contributed by atoms with Gasteiger partial charge < -0.3 is 11.1 Å². The van der Waals surface area contributed by atoms with Crippen LogP contribution in [-0.2, 0) is 19.0 Å². The lowest BCUT2D eigenvalue weighted by molar-refractivity contribution is -0.142. The van der Waals surface area contributed by atoms with Crippen LogP contribution < -0.4 is 11.1 Å². The molecule has 1 aliphatic carbocycles. The Balaban J connectivity index is 2.20. The Morgan fingerprint density at radius 3 is 2.67 bits per heavy atom. The summed E-state index contributed by atoms with van der Waals surface area (Å²) in [4.78, 5) is 0. The van der Waals surface area contributed by atoms with Gasteiger partial charge in [-0.25, -0.2) is 4.68 Å². The second-order valence-corrected chi connectivity index (χ2v) is 6.42. The number of nitrogens with zero attached hydrogens (tertiary/aromatic N) is 2. The van der Waals surface area contributed by atoms with E-state index in [1.807, 2.05) is 0 Å². The standard InChI is InChI=1S/C15H14ClF3N4S/c16-8-5-6-12(10(7-8)21-14(20)24)23-11-4-2-1-3-9(11)13(22-23)15(17,18)19/h5-7H,1-4H2,(H3,20,21,24). The van der Waals surface area contributed by atoms with Crippen LogP contribution in [0.3, 0.4) is 0 Å². The maximum atomic E-state index is 13.3. The second-order valence-electron chi connectivity index (χ2n) is 5.54. The van der Waals surface area contributed by atoms with Crippen molar-refractivity contribution in [3.05, 3.63) is 40.2 Å². The summed E-state index contributed by atoms with van der Waals surface area (Å²) in [7, 11) is 0. The Labute approximate surface area is 146 Å². The molecule has 0 bridgehead atoms. The van der Waals surface area contributed by atoms with Crippen molar-refractivity contribution in [2.45, 2.75) is 31.9 Å². The minimum atomic E-state index is -4.49. The molecular formula is C15H14ClF3N4S. The van der Waals surface area contributed by atoms with Crippen molar-refractivity contribution < 1.29 is 13.2 Å². The molecule has 128 valence electrons. The number of alkyl halides is 3. The van der Waals surface area contributed by atoms with Gasteiger partial charge in [-0.05, 0) is 56.1 Å². The van der Waals surface area contributed by atoms with Crippen molar-refractivity contribution >= 4 is 34.6 Å². The van der Waals surface area contributed by atoms with Gasteiger partial charge in [0.15, 0.2) is 10.8 Å². The van der Waals surface area contributed by atoms with Crippen LogP contribution in [0.2, 0.25) is 5.02 Å². The summed E-state index contributed by atoms with van der Waals surface area (Å²) in [5, 5.41) is 7.01. The zero-order valence-electron chi connectivity index (χ0n) is 12.5. The van der Waals surface area contributed by atoms with Gasteiger partial charge in [0.1, 0.15) is 0 Å². The van der Waals surface area contributed by atoms with Crippen molar-refractivity contribution in [2.75, 3.05) is 5.32 Å². The molecule has 1 heterocycles. The van der Waals surface area contributed by atoms with Gasteiger partial charge in [0.05, 0.1) is 11.4 Å². The molecule has 1 aliphatic rings. The molecule has 3 rings (SSSR count). The first-order chi connectivity index (χ1) is 11.3. The van der Waals surface area contributed by atoms with Crippen LogP contribution in [-0.4, -0.2) is 14.9 Å². The maximum absolute atomic E-state index is 13.3. The van der Waals surface area contributed by atoms with Crippen LogP contribution in [0.4, 0.5) is 18.9 Å². The van der Waals surface area contributed by atoms with Crippen molar-refractivity contribution in [2.24, 2.45) is 5.73 Å². The highest BCUT2D eigenvalue weighted by Crippen LogP contribution is 2.38. The SMILES string of the molecule is NC(=S)Nc1cc(Cl)ccc1-n1nc(C(F)(F)F)c2c1CCCC2. The maximum Gasteiger partial charge on any atom is 0.435 e. The fourth-order valence-electron chi connectivity index (χ4n) is 2.95. The van der Waals surface area contributed by atoms with Crippen LogP contribution in [0.15, 0.2) is 18.2 Å². The summed E-state index contributed by atoms with van der Waals surface area (Å²) in [6.07, 6.45) is -2.04. The largest absolute Gasteiger partial charge is 0.435 e. The highest BCUT2D eigenvalue weighted by Gasteiger charge is 2.39. The number of anilines is 1. The van der Waals surface area contributed by atoms with E-state index in [9.17, 15) is 13.2 Å². The smallest absolute Gasteiger partial charge is 0.376 e. The third-order valence-corrected chi connectivity index (χ3v) is 4.23. The normalized spacial score (nSPS) is 14.3. The van der Waals surface area contributed by atoms with Crippen molar-refractivity contribution in [1.29, 1.82) is 0 Å². The Morgan fingerprint density at radius 2 is 2.00 bits per heavy atom. The Hall–Kier alpha value is -1.80. The second kappa shape index (κ2) is 6.25. The minimum Gasteiger partial charge on any atom is -0.376 e. The summed E-state index contributed by atoms with van der Waals surface area (Å²) in [5.74, 6) is 0. The Kier molecular flexibility index (Phi) is 4.44. The predicted octanol–water partition coefficient (Wildman–Crippen LogP) is 4.08. The molecule has 2 aromatic rings. The molecule has 0 saturated carbocycles. The fourth-order valence-corrected chi connectivity index (χ4v) is 3.23. The summed E-state index contributed by atoms with van der Waals surface area (Å²) >= 11 is 10.8. The first-order valence-corrected chi connectivity index (χ1v) is 8.10. The topological polar surface area (TPSA) is 55.9 Å². The average molecular weight is 375 g/mol. The number of hydrogen-bond donors (Lipinski definition) is 2. The van der Waals surface area contributed by atoms with E-state index in [1.54, 1.807) is 18.2 Å². The average Bonchev–Trinajstić information content (AvgIpc) is 2.86. The summed E-state index contributed by atoms with van der Waals surface area (Å²) in [5.41, 5.74) is 6.36. The van der Waals surface area contributed by atoms with Gasteiger partial charge in [0, 0.05) is 16.3 Å². The predicted molar refractivity (Wildman–Crippen MR) is 90.6 cm³/mol. The number of nitrogens with one attached hydrogen (secondary N) is 1. The number of benzene rings is 1. The number of nitrogens with two attached hydrogens (primary N) is 1. The van der Waals surface area contributed by atoms with Crippen LogP contribution in [0.5, 0.6) is 0 Å². The summed E-state index contributed by atoms with van der Waals surface area (Å²) < 4.78 is 41.3. The molecule has 0 aliphatic heterocycles.